The minimum atomic E-state index is -3.56. The maximum absolute atomic E-state index is 11.9. The average molecular weight is 336 g/mol. The summed E-state index contributed by atoms with van der Waals surface area (Å²) >= 11 is 0. The Balaban J connectivity index is 3.04. The number of rotatable bonds is 8. The Hall–Kier alpha value is -1.32. The van der Waals surface area contributed by atoms with Gasteiger partial charge in [-0.2, -0.15) is 0 Å². The van der Waals surface area contributed by atoms with Gasteiger partial charge in [0, 0.05) is 13.1 Å². The second kappa shape index (κ2) is 7.10. The number of benzene rings is 1. The summed E-state index contributed by atoms with van der Waals surface area (Å²) in [6.45, 7) is 2.16. The highest BCUT2D eigenvalue weighted by molar-refractivity contribution is 7.92. The highest BCUT2D eigenvalue weighted by Crippen LogP contribution is 2.29. The molecule has 0 fully saturated rings. The van der Waals surface area contributed by atoms with Crippen molar-refractivity contribution in [2.75, 3.05) is 36.5 Å². The number of para-hydroxylation sites is 2. The minimum Gasteiger partial charge on any atom is -0.492 e. The fraction of sp³-hybridized carbons (Fsp3) is 0.500. The molecule has 1 aromatic rings. The van der Waals surface area contributed by atoms with Gasteiger partial charge in [-0.1, -0.05) is 12.1 Å². The molecule has 0 heterocycles. The summed E-state index contributed by atoms with van der Waals surface area (Å²) in [6, 6.07) is 6.72. The number of nitrogens with one attached hydrogen (secondary N) is 1. The summed E-state index contributed by atoms with van der Waals surface area (Å²) in [4.78, 5) is 0. The number of sulfonamides is 2. The van der Waals surface area contributed by atoms with Crippen LogP contribution in [0.1, 0.15) is 6.92 Å². The third kappa shape index (κ3) is 5.90. The van der Waals surface area contributed by atoms with E-state index in [-0.39, 0.29) is 13.1 Å². The molecule has 0 bridgehead atoms. The number of hydrogen-bond donors (Lipinski definition) is 1. The summed E-state index contributed by atoms with van der Waals surface area (Å²) in [6.07, 6.45) is 2.09. The van der Waals surface area contributed by atoms with Crippen LogP contribution in [0.2, 0.25) is 0 Å². The van der Waals surface area contributed by atoms with Gasteiger partial charge in [0.05, 0.1) is 24.8 Å². The largest absolute Gasteiger partial charge is 0.492 e. The lowest BCUT2D eigenvalue weighted by atomic mass is 10.3. The van der Waals surface area contributed by atoms with Crippen molar-refractivity contribution in [3.8, 4) is 5.75 Å². The zero-order valence-electron chi connectivity index (χ0n) is 12.2. The molecule has 0 aliphatic rings. The van der Waals surface area contributed by atoms with E-state index in [2.05, 4.69) is 4.72 Å². The van der Waals surface area contributed by atoms with Crippen LogP contribution in [0.15, 0.2) is 24.3 Å². The van der Waals surface area contributed by atoms with Gasteiger partial charge in [0.25, 0.3) is 0 Å². The third-order valence-corrected chi connectivity index (χ3v) is 4.42. The van der Waals surface area contributed by atoms with Crippen LogP contribution < -0.4 is 13.8 Å². The quantitative estimate of drug-likeness (QED) is 0.742. The molecule has 21 heavy (non-hydrogen) atoms. The molecule has 0 aliphatic carbocycles. The predicted octanol–water partition coefficient (Wildman–Crippen LogP) is 0.401. The van der Waals surface area contributed by atoms with Crippen LogP contribution >= 0.6 is 0 Å². The second-order valence-corrected chi connectivity index (χ2v) is 8.14. The fourth-order valence-electron chi connectivity index (χ4n) is 1.74. The van der Waals surface area contributed by atoms with Crippen molar-refractivity contribution < 1.29 is 21.6 Å². The normalized spacial score (nSPS) is 12.1. The topological polar surface area (TPSA) is 92.8 Å². The molecule has 0 unspecified atom stereocenters. The van der Waals surface area contributed by atoms with Gasteiger partial charge in [-0.15, -0.1) is 0 Å². The Bertz CT molecular complexity index is 671. The van der Waals surface area contributed by atoms with Gasteiger partial charge in [-0.25, -0.2) is 21.6 Å². The van der Waals surface area contributed by atoms with Crippen molar-refractivity contribution in [3.05, 3.63) is 24.3 Å². The molecule has 7 nitrogen and oxygen atoms in total. The molecular weight excluding hydrogens is 316 g/mol. The maximum Gasteiger partial charge on any atom is 0.232 e. The Morgan fingerprint density at radius 1 is 1.14 bits per heavy atom. The molecule has 0 aliphatic heterocycles. The van der Waals surface area contributed by atoms with E-state index < -0.39 is 20.0 Å². The molecule has 120 valence electrons. The smallest absolute Gasteiger partial charge is 0.232 e. The van der Waals surface area contributed by atoms with Crippen molar-refractivity contribution in [1.29, 1.82) is 0 Å². The summed E-state index contributed by atoms with van der Waals surface area (Å²) in [5.41, 5.74) is 0.386. The summed E-state index contributed by atoms with van der Waals surface area (Å²) in [7, 11) is -6.93. The van der Waals surface area contributed by atoms with Gasteiger partial charge in [0.15, 0.2) is 0 Å². The van der Waals surface area contributed by atoms with Crippen molar-refractivity contribution in [2.45, 2.75) is 6.92 Å². The monoisotopic (exact) mass is 336 g/mol. The Kier molecular flexibility index (Phi) is 5.99. The summed E-state index contributed by atoms with van der Waals surface area (Å²) < 4.78 is 54.8. The molecule has 0 atom stereocenters. The van der Waals surface area contributed by atoms with Crippen molar-refractivity contribution in [2.24, 2.45) is 0 Å². The van der Waals surface area contributed by atoms with Crippen LogP contribution in [-0.4, -0.2) is 49.0 Å². The van der Waals surface area contributed by atoms with Crippen LogP contribution in [0.25, 0.3) is 0 Å². The summed E-state index contributed by atoms with van der Waals surface area (Å²) in [5, 5.41) is 0. The van der Waals surface area contributed by atoms with Gasteiger partial charge in [-0.3, -0.25) is 4.31 Å². The first-order valence-electron chi connectivity index (χ1n) is 6.29. The van der Waals surface area contributed by atoms with Crippen LogP contribution in [-0.2, 0) is 20.0 Å². The number of ether oxygens (including phenoxy) is 1. The molecule has 0 saturated carbocycles. The first-order chi connectivity index (χ1) is 9.65. The molecule has 1 aromatic carbocycles. The van der Waals surface area contributed by atoms with Gasteiger partial charge in [-0.05, 0) is 19.1 Å². The number of anilines is 1. The van der Waals surface area contributed by atoms with Crippen LogP contribution in [0.3, 0.4) is 0 Å². The molecule has 1 rings (SSSR count). The lowest BCUT2D eigenvalue weighted by Crippen LogP contribution is -2.38. The lowest BCUT2D eigenvalue weighted by Gasteiger charge is -2.24. The average Bonchev–Trinajstić information content (AvgIpc) is 2.33. The lowest BCUT2D eigenvalue weighted by molar-refractivity contribution is 0.341. The van der Waals surface area contributed by atoms with Gasteiger partial charge in [0.2, 0.25) is 20.0 Å². The Morgan fingerprint density at radius 3 is 2.29 bits per heavy atom. The van der Waals surface area contributed by atoms with Crippen LogP contribution in [0, 0.1) is 0 Å². The van der Waals surface area contributed by atoms with E-state index in [1.165, 1.54) is 0 Å². The number of hydrogen-bond acceptors (Lipinski definition) is 5. The third-order valence-electron chi connectivity index (χ3n) is 2.51. The first-order valence-corrected chi connectivity index (χ1v) is 10.0. The minimum absolute atomic E-state index is 0.0179. The van der Waals surface area contributed by atoms with Crippen LogP contribution in [0.5, 0.6) is 5.75 Å². The van der Waals surface area contributed by atoms with E-state index in [1.54, 1.807) is 31.2 Å². The van der Waals surface area contributed by atoms with Gasteiger partial charge < -0.3 is 4.74 Å². The SMILES string of the molecule is CCOc1ccccc1N(CCNS(C)(=O)=O)S(C)(=O)=O. The van der Waals surface area contributed by atoms with E-state index in [4.69, 9.17) is 4.74 Å². The van der Waals surface area contributed by atoms with E-state index in [0.29, 0.717) is 18.0 Å². The standard InChI is InChI=1S/C12H20N2O5S2/c1-4-19-12-8-6-5-7-11(12)14(21(3,17)18)10-9-13-20(2,15)16/h5-8,13H,4,9-10H2,1-3H3. The van der Waals surface area contributed by atoms with E-state index >= 15 is 0 Å². The molecule has 0 saturated heterocycles. The fourth-order valence-corrected chi connectivity index (χ4v) is 3.13. The molecular formula is C12H20N2O5S2. The van der Waals surface area contributed by atoms with E-state index in [1.807, 2.05) is 0 Å². The highest BCUT2D eigenvalue weighted by atomic mass is 32.2. The van der Waals surface area contributed by atoms with Crippen molar-refractivity contribution in [3.63, 3.8) is 0 Å². The van der Waals surface area contributed by atoms with E-state index in [0.717, 1.165) is 16.8 Å². The van der Waals surface area contributed by atoms with Crippen LogP contribution in [0.4, 0.5) is 5.69 Å². The first kappa shape index (κ1) is 17.7. The van der Waals surface area contributed by atoms with Gasteiger partial charge >= 0.3 is 0 Å². The molecule has 9 heteroatoms. The maximum atomic E-state index is 11.9. The molecule has 0 spiro atoms. The van der Waals surface area contributed by atoms with Crippen molar-refractivity contribution in [1.82, 2.24) is 4.72 Å². The zero-order chi connectivity index (χ0) is 16.1. The zero-order valence-corrected chi connectivity index (χ0v) is 13.9. The Morgan fingerprint density at radius 2 is 1.76 bits per heavy atom. The van der Waals surface area contributed by atoms with Crippen molar-refractivity contribution >= 4 is 25.7 Å². The second-order valence-electron chi connectivity index (χ2n) is 4.40. The number of nitrogens with zero attached hydrogens (tertiary/aromatic N) is 1. The Labute approximate surface area is 126 Å². The molecule has 0 aromatic heterocycles. The highest BCUT2D eigenvalue weighted by Gasteiger charge is 2.21. The predicted molar refractivity (Wildman–Crippen MR) is 82.6 cm³/mol. The van der Waals surface area contributed by atoms with E-state index in [9.17, 15) is 16.8 Å². The molecule has 0 radical (unpaired) electrons. The van der Waals surface area contributed by atoms with Gasteiger partial charge in [0.1, 0.15) is 5.75 Å². The molecule has 0 amide bonds. The summed E-state index contributed by atoms with van der Waals surface area (Å²) in [5.74, 6) is 0.435. The molecule has 1 N–H and O–H groups in total.